The second-order valence-corrected chi connectivity index (χ2v) is 8.79. The Kier molecular flexibility index (Phi) is 8.00. The number of ether oxygens (including phenoxy) is 1. The van der Waals surface area contributed by atoms with Gasteiger partial charge in [-0.25, -0.2) is 4.98 Å². The molecular formula is C21H16Cl3N5O3S. The van der Waals surface area contributed by atoms with Crippen molar-refractivity contribution in [1.82, 2.24) is 9.88 Å². The summed E-state index contributed by atoms with van der Waals surface area (Å²) in [6.45, 7) is 0.255. The van der Waals surface area contributed by atoms with Gasteiger partial charge in [0.25, 0.3) is 11.8 Å². The number of hydrogen-bond acceptors (Lipinski definition) is 7. The van der Waals surface area contributed by atoms with Crippen molar-refractivity contribution in [1.29, 1.82) is 5.26 Å². The Morgan fingerprint density at radius 1 is 1.18 bits per heavy atom. The molecule has 0 aliphatic heterocycles. The molecule has 12 heteroatoms. The van der Waals surface area contributed by atoms with Gasteiger partial charge in [-0.05, 0) is 23.6 Å². The molecule has 0 radical (unpaired) electrons. The summed E-state index contributed by atoms with van der Waals surface area (Å²) in [6, 6.07) is 5.98. The molecule has 2 aromatic heterocycles. The van der Waals surface area contributed by atoms with Gasteiger partial charge in [-0.2, -0.15) is 5.26 Å². The number of methoxy groups -OCH3 is 1. The summed E-state index contributed by atoms with van der Waals surface area (Å²) in [5.41, 5.74) is 0.797. The summed E-state index contributed by atoms with van der Waals surface area (Å²) in [5.74, 6) is -0.681. The Morgan fingerprint density at radius 2 is 1.94 bits per heavy atom. The molecule has 0 saturated carbocycles. The second kappa shape index (κ2) is 10.7. The van der Waals surface area contributed by atoms with Gasteiger partial charge in [0.15, 0.2) is 6.19 Å². The molecular weight excluding hydrogens is 509 g/mol. The van der Waals surface area contributed by atoms with Crippen LogP contribution < -0.4 is 15.4 Å². The standard InChI is InChI=1S/C21H16Cl3N5O3S/c1-29(10-25)8-11-9-33-19(17(11)24)21(31)28-18-14(5-13(23)6-15(18)32-2)20(30)27-16-4-3-12(22)7-26-16/h3-7,9H,8H2,1-2H3,(H,28,31)(H,26,27,30). The molecule has 0 bridgehead atoms. The van der Waals surface area contributed by atoms with E-state index in [-0.39, 0.29) is 44.3 Å². The largest absolute Gasteiger partial charge is 0.494 e. The lowest BCUT2D eigenvalue weighted by atomic mass is 10.1. The molecule has 2 amide bonds. The highest BCUT2D eigenvalue weighted by Crippen LogP contribution is 2.35. The van der Waals surface area contributed by atoms with Gasteiger partial charge in [-0.15, -0.1) is 11.3 Å². The zero-order valence-corrected chi connectivity index (χ0v) is 20.4. The number of nitrogens with one attached hydrogen (secondary N) is 2. The van der Waals surface area contributed by atoms with E-state index >= 15 is 0 Å². The molecule has 2 N–H and O–H groups in total. The van der Waals surface area contributed by atoms with E-state index in [1.54, 1.807) is 18.5 Å². The number of hydrogen-bond donors (Lipinski definition) is 2. The molecule has 0 aliphatic carbocycles. The number of carbonyl (C=O) groups is 2. The van der Waals surface area contributed by atoms with Crippen LogP contribution in [0, 0.1) is 11.5 Å². The molecule has 0 fully saturated rings. The van der Waals surface area contributed by atoms with Gasteiger partial charge in [0.05, 0.1) is 35.0 Å². The van der Waals surface area contributed by atoms with Gasteiger partial charge in [0.2, 0.25) is 0 Å². The number of nitrogens with zero attached hydrogens (tertiary/aromatic N) is 3. The summed E-state index contributed by atoms with van der Waals surface area (Å²) in [5, 5.41) is 16.9. The Labute approximate surface area is 208 Å². The van der Waals surface area contributed by atoms with Crippen LogP contribution in [0.4, 0.5) is 11.5 Å². The van der Waals surface area contributed by atoms with Crippen LogP contribution in [-0.4, -0.2) is 35.9 Å². The Hall–Kier alpha value is -3.03. The van der Waals surface area contributed by atoms with Crippen molar-refractivity contribution in [3.8, 4) is 11.9 Å². The van der Waals surface area contributed by atoms with E-state index in [0.717, 1.165) is 11.3 Å². The zero-order valence-electron chi connectivity index (χ0n) is 17.3. The molecule has 0 unspecified atom stereocenters. The second-order valence-electron chi connectivity index (χ2n) is 6.66. The van der Waals surface area contributed by atoms with E-state index in [1.165, 1.54) is 36.4 Å². The number of aromatic nitrogens is 1. The van der Waals surface area contributed by atoms with Gasteiger partial charge in [0, 0.05) is 29.9 Å². The molecule has 170 valence electrons. The maximum absolute atomic E-state index is 13.0. The average molecular weight is 525 g/mol. The SMILES string of the molecule is COc1cc(Cl)cc(C(=O)Nc2ccc(Cl)cn2)c1NC(=O)c1scc(CN(C)C#N)c1Cl. The van der Waals surface area contributed by atoms with E-state index in [1.807, 2.05) is 6.19 Å². The Morgan fingerprint density at radius 3 is 2.58 bits per heavy atom. The first-order chi connectivity index (χ1) is 15.7. The van der Waals surface area contributed by atoms with Crippen LogP contribution in [0.5, 0.6) is 5.75 Å². The van der Waals surface area contributed by atoms with E-state index in [0.29, 0.717) is 10.6 Å². The lowest BCUT2D eigenvalue weighted by molar-refractivity contribution is 0.102. The van der Waals surface area contributed by atoms with Crippen molar-refractivity contribution in [3.63, 3.8) is 0 Å². The Balaban J connectivity index is 1.92. The normalized spacial score (nSPS) is 10.3. The van der Waals surface area contributed by atoms with Crippen LogP contribution in [0.1, 0.15) is 25.6 Å². The van der Waals surface area contributed by atoms with Crippen molar-refractivity contribution >= 4 is 69.5 Å². The smallest absolute Gasteiger partial charge is 0.267 e. The number of nitriles is 1. The van der Waals surface area contributed by atoms with Gasteiger partial charge in [0.1, 0.15) is 16.4 Å². The minimum atomic E-state index is -0.575. The molecule has 2 heterocycles. The topological polar surface area (TPSA) is 107 Å². The van der Waals surface area contributed by atoms with Crippen molar-refractivity contribution in [2.45, 2.75) is 6.54 Å². The summed E-state index contributed by atoms with van der Waals surface area (Å²) < 4.78 is 5.34. The number of thiophene rings is 1. The van der Waals surface area contributed by atoms with E-state index in [9.17, 15) is 9.59 Å². The van der Waals surface area contributed by atoms with Crippen LogP contribution in [0.15, 0.2) is 35.8 Å². The first kappa shape index (κ1) is 24.6. The fourth-order valence-corrected chi connectivity index (χ4v) is 4.35. The van der Waals surface area contributed by atoms with Crippen LogP contribution in [0.25, 0.3) is 0 Å². The maximum Gasteiger partial charge on any atom is 0.267 e. The van der Waals surface area contributed by atoms with E-state index in [2.05, 4.69) is 15.6 Å². The molecule has 1 aromatic carbocycles. The highest BCUT2D eigenvalue weighted by molar-refractivity contribution is 7.13. The van der Waals surface area contributed by atoms with Gasteiger partial charge < -0.3 is 20.3 Å². The van der Waals surface area contributed by atoms with Crippen molar-refractivity contribution in [3.05, 3.63) is 66.9 Å². The van der Waals surface area contributed by atoms with Crippen molar-refractivity contribution < 1.29 is 14.3 Å². The zero-order chi connectivity index (χ0) is 24.1. The number of carbonyl (C=O) groups excluding carboxylic acids is 2. The van der Waals surface area contributed by atoms with E-state index in [4.69, 9.17) is 44.8 Å². The molecule has 0 atom stereocenters. The third-order valence-corrected chi connectivity index (χ3v) is 6.34. The van der Waals surface area contributed by atoms with Crippen LogP contribution in [0.3, 0.4) is 0 Å². The van der Waals surface area contributed by atoms with E-state index < -0.39 is 11.8 Å². The predicted molar refractivity (Wildman–Crippen MR) is 130 cm³/mol. The fraction of sp³-hybridized carbons (Fsp3) is 0.143. The molecule has 0 aliphatic rings. The molecule has 3 rings (SSSR count). The molecule has 0 spiro atoms. The number of halogens is 3. The third kappa shape index (κ3) is 5.86. The van der Waals surface area contributed by atoms with Crippen molar-refractivity contribution in [2.75, 3.05) is 24.8 Å². The Bertz CT molecular complexity index is 1240. The van der Waals surface area contributed by atoms with Gasteiger partial charge in [-0.1, -0.05) is 34.8 Å². The monoisotopic (exact) mass is 523 g/mol. The van der Waals surface area contributed by atoms with Gasteiger partial charge in [-0.3, -0.25) is 9.59 Å². The lowest BCUT2D eigenvalue weighted by Gasteiger charge is -2.15. The quantitative estimate of drug-likeness (QED) is 0.311. The summed E-state index contributed by atoms with van der Waals surface area (Å²) >= 11 is 19.5. The first-order valence-corrected chi connectivity index (χ1v) is 11.2. The van der Waals surface area contributed by atoms with Crippen LogP contribution >= 0.6 is 46.1 Å². The molecule has 0 saturated heterocycles. The average Bonchev–Trinajstić information content (AvgIpc) is 3.15. The first-order valence-electron chi connectivity index (χ1n) is 9.22. The minimum Gasteiger partial charge on any atom is -0.494 e. The number of pyridine rings is 1. The van der Waals surface area contributed by atoms with Crippen molar-refractivity contribution in [2.24, 2.45) is 0 Å². The highest BCUT2D eigenvalue weighted by atomic mass is 35.5. The summed E-state index contributed by atoms with van der Waals surface area (Å²) in [7, 11) is 2.99. The van der Waals surface area contributed by atoms with Crippen LogP contribution in [0.2, 0.25) is 15.1 Å². The van der Waals surface area contributed by atoms with Gasteiger partial charge >= 0.3 is 0 Å². The summed E-state index contributed by atoms with van der Waals surface area (Å²) in [6.07, 6.45) is 3.36. The lowest BCUT2D eigenvalue weighted by Crippen LogP contribution is -2.19. The number of benzene rings is 1. The molecule has 33 heavy (non-hydrogen) atoms. The van der Waals surface area contributed by atoms with Crippen LogP contribution in [-0.2, 0) is 6.54 Å². The molecule has 8 nitrogen and oxygen atoms in total. The molecule has 3 aromatic rings. The maximum atomic E-state index is 13.0. The number of amides is 2. The number of anilines is 2. The number of rotatable bonds is 7. The summed E-state index contributed by atoms with van der Waals surface area (Å²) in [4.78, 5) is 31.6. The third-order valence-electron chi connectivity index (χ3n) is 4.32. The predicted octanol–water partition coefficient (Wildman–Crippen LogP) is 5.53. The highest BCUT2D eigenvalue weighted by Gasteiger charge is 2.23. The minimum absolute atomic E-state index is 0.0570. The fourth-order valence-electron chi connectivity index (χ4n) is 2.78.